The third-order valence-electron chi connectivity index (χ3n) is 7.08. The Morgan fingerprint density at radius 3 is 2.12 bits per heavy atom. The normalized spacial score (nSPS) is 17.6. The number of carbonyl (C=O) groups excluding carboxylic acids is 1. The van der Waals surface area contributed by atoms with Crippen LogP contribution < -0.4 is 34.5 Å². The summed E-state index contributed by atoms with van der Waals surface area (Å²) in [7, 11) is -4.32. The number of aromatic hydroxyl groups is 1. The van der Waals surface area contributed by atoms with E-state index in [1.165, 1.54) is 54.6 Å². The second kappa shape index (κ2) is 12.2. The first kappa shape index (κ1) is 29.9. The standard InChI is InChI=1S/C30H26FNO6S.Na.H/c31-23-11-6-20(7-12-23)27(33)17-15-25-29(21-4-2-1-3-5-21)32(30(25)35)26-16-10-22(18-28(26)34)19-8-13-24(14-9-19)39(36,37)38;;/h1-14,16,18,25,27,29,33-34H,15,17H2,(H,36,37,38);;/q;+1;-1/t25-,27+,29?;;/m1../s1. The zero-order valence-electron chi connectivity index (χ0n) is 22.7. The van der Waals surface area contributed by atoms with E-state index in [1.54, 1.807) is 17.0 Å². The van der Waals surface area contributed by atoms with Crippen LogP contribution in [0.4, 0.5) is 10.1 Å². The van der Waals surface area contributed by atoms with E-state index in [2.05, 4.69) is 0 Å². The van der Waals surface area contributed by atoms with E-state index in [0.29, 0.717) is 35.2 Å². The van der Waals surface area contributed by atoms with Gasteiger partial charge in [-0.15, -0.1) is 0 Å². The van der Waals surface area contributed by atoms with Crippen molar-refractivity contribution in [2.75, 3.05) is 4.90 Å². The predicted molar refractivity (Wildman–Crippen MR) is 145 cm³/mol. The van der Waals surface area contributed by atoms with E-state index >= 15 is 0 Å². The zero-order valence-corrected chi connectivity index (χ0v) is 24.5. The van der Waals surface area contributed by atoms with Crippen LogP contribution >= 0.6 is 0 Å². The summed E-state index contributed by atoms with van der Waals surface area (Å²) in [4.78, 5) is 14.7. The molecule has 4 aromatic carbocycles. The number of halogens is 1. The van der Waals surface area contributed by atoms with Crippen molar-refractivity contribution in [1.82, 2.24) is 0 Å². The molecule has 202 valence electrons. The van der Waals surface area contributed by atoms with E-state index in [9.17, 15) is 32.4 Å². The molecule has 4 aromatic rings. The molecule has 0 bridgehead atoms. The number of hydrogen-bond donors (Lipinski definition) is 3. The monoisotopic (exact) mass is 571 g/mol. The number of carbonyl (C=O) groups is 1. The number of amides is 1. The van der Waals surface area contributed by atoms with Crippen LogP contribution in [0.15, 0.2) is 102 Å². The molecule has 0 aromatic heterocycles. The molecular formula is C30H27FNNaO6S. The van der Waals surface area contributed by atoms with Crippen molar-refractivity contribution < 1.29 is 63.4 Å². The summed E-state index contributed by atoms with van der Waals surface area (Å²) in [6, 6.07) is 25.2. The number of phenols is 1. The van der Waals surface area contributed by atoms with Crippen molar-refractivity contribution in [2.24, 2.45) is 5.92 Å². The molecule has 1 aliphatic heterocycles. The van der Waals surface area contributed by atoms with Crippen LogP contribution in [0.5, 0.6) is 5.75 Å². The number of hydrogen-bond acceptors (Lipinski definition) is 5. The molecule has 1 fully saturated rings. The number of nitrogens with zero attached hydrogens (tertiary/aromatic N) is 1. The van der Waals surface area contributed by atoms with E-state index < -0.39 is 22.1 Å². The average Bonchev–Trinajstić information content (AvgIpc) is 2.92. The van der Waals surface area contributed by atoms with Gasteiger partial charge in [0.2, 0.25) is 5.91 Å². The Morgan fingerprint density at radius 2 is 1.52 bits per heavy atom. The first-order chi connectivity index (χ1) is 18.6. The van der Waals surface area contributed by atoms with Gasteiger partial charge in [0, 0.05) is 0 Å². The maximum atomic E-state index is 13.4. The first-order valence-electron chi connectivity index (χ1n) is 12.4. The number of β-lactam (4-membered cyclic amide) rings is 1. The minimum absolute atomic E-state index is 0. The predicted octanol–water partition coefficient (Wildman–Crippen LogP) is 2.78. The smallest absolute Gasteiger partial charge is 1.00 e. The van der Waals surface area contributed by atoms with Gasteiger partial charge in [-0.3, -0.25) is 9.35 Å². The van der Waals surface area contributed by atoms with E-state index in [0.717, 1.165) is 5.56 Å². The Balaban J connectivity index is 0.00000231. The Morgan fingerprint density at radius 1 is 0.900 bits per heavy atom. The first-order valence-corrected chi connectivity index (χ1v) is 13.8. The number of rotatable bonds is 8. The van der Waals surface area contributed by atoms with Crippen LogP contribution in [0.2, 0.25) is 0 Å². The van der Waals surface area contributed by atoms with Crippen LogP contribution in [-0.2, 0) is 14.9 Å². The van der Waals surface area contributed by atoms with Gasteiger partial charge < -0.3 is 16.5 Å². The van der Waals surface area contributed by atoms with E-state index in [4.69, 9.17) is 0 Å². The largest absolute Gasteiger partial charge is 1.00 e. The molecule has 1 saturated heterocycles. The topological polar surface area (TPSA) is 115 Å². The van der Waals surface area contributed by atoms with Crippen LogP contribution in [-0.4, -0.2) is 29.1 Å². The molecule has 40 heavy (non-hydrogen) atoms. The maximum Gasteiger partial charge on any atom is 1.00 e. The Bertz CT molecular complexity index is 1600. The van der Waals surface area contributed by atoms with Gasteiger partial charge in [0.1, 0.15) is 11.6 Å². The fourth-order valence-electron chi connectivity index (χ4n) is 5.05. The third-order valence-corrected chi connectivity index (χ3v) is 7.95. The fourth-order valence-corrected chi connectivity index (χ4v) is 5.53. The van der Waals surface area contributed by atoms with Gasteiger partial charge in [-0.25, -0.2) is 4.39 Å². The summed E-state index contributed by atoms with van der Waals surface area (Å²) >= 11 is 0. The number of anilines is 1. The van der Waals surface area contributed by atoms with Gasteiger partial charge in [-0.1, -0.05) is 60.7 Å². The molecule has 3 N–H and O–H groups in total. The second-order valence-corrected chi connectivity index (χ2v) is 10.9. The molecule has 5 rings (SSSR count). The summed E-state index contributed by atoms with van der Waals surface area (Å²) in [5, 5.41) is 21.5. The molecule has 0 radical (unpaired) electrons. The molecule has 1 unspecified atom stereocenters. The van der Waals surface area contributed by atoms with Crippen molar-refractivity contribution in [2.45, 2.75) is 29.9 Å². The van der Waals surface area contributed by atoms with Crippen LogP contribution in [0, 0.1) is 11.7 Å². The van der Waals surface area contributed by atoms with Crippen molar-refractivity contribution >= 4 is 21.7 Å². The molecule has 3 atom stereocenters. The van der Waals surface area contributed by atoms with Gasteiger partial charge in [-0.05, 0) is 71.5 Å². The minimum atomic E-state index is -4.32. The summed E-state index contributed by atoms with van der Waals surface area (Å²) in [5.74, 6) is -1.11. The maximum absolute atomic E-state index is 13.4. The summed E-state index contributed by atoms with van der Waals surface area (Å²) in [6.45, 7) is 0. The zero-order chi connectivity index (χ0) is 27.7. The van der Waals surface area contributed by atoms with Gasteiger partial charge in [0.05, 0.1) is 28.6 Å². The molecule has 1 heterocycles. The van der Waals surface area contributed by atoms with E-state index in [-0.39, 0.29) is 59.4 Å². The fraction of sp³-hybridized carbons (Fsp3) is 0.167. The summed E-state index contributed by atoms with van der Waals surface area (Å²) in [5.41, 5.74) is 3.02. The van der Waals surface area contributed by atoms with Crippen molar-refractivity contribution in [1.29, 1.82) is 0 Å². The Kier molecular flexibility index (Phi) is 9.14. The third kappa shape index (κ3) is 6.15. The molecular weight excluding hydrogens is 544 g/mol. The average molecular weight is 572 g/mol. The molecule has 10 heteroatoms. The minimum Gasteiger partial charge on any atom is -1.00 e. The van der Waals surface area contributed by atoms with Crippen molar-refractivity contribution in [3.63, 3.8) is 0 Å². The van der Waals surface area contributed by atoms with Crippen molar-refractivity contribution in [3.05, 3.63) is 114 Å². The number of benzene rings is 4. The van der Waals surface area contributed by atoms with Crippen LogP contribution in [0.3, 0.4) is 0 Å². The molecule has 0 spiro atoms. The molecule has 0 aliphatic carbocycles. The molecule has 1 aliphatic rings. The number of aliphatic hydroxyl groups excluding tert-OH is 1. The van der Waals surface area contributed by atoms with Crippen LogP contribution in [0.1, 0.15) is 37.5 Å². The Hall–Kier alpha value is -3.05. The van der Waals surface area contributed by atoms with E-state index in [1.807, 2.05) is 30.3 Å². The summed E-state index contributed by atoms with van der Waals surface area (Å²) in [6.07, 6.45) is -0.139. The number of aliphatic hydroxyl groups is 1. The van der Waals surface area contributed by atoms with Crippen molar-refractivity contribution in [3.8, 4) is 16.9 Å². The molecule has 1 amide bonds. The molecule has 0 saturated carbocycles. The SMILES string of the molecule is O=C1[C@H](CC[C@H](O)c2ccc(F)cc2)C(c2ccccc2)N1c1ccc(-c2ccc(S(=O)(=O)O)cc2)cc1O.[H-].[Na+]. The Labute approximate surface area is 255 Å². The van der Waals surface area contributed by atoms with Crippen LogP contribution in [0.25, 0.3) is 11.1 Å². The molecule has 7 nitrogen and oxygen atoms in total. The number of phenolic OH excluding ortho intramolecular Hbond substituents is 1. The van der Waals surface area contributed by atoms with Gasteiger partial charge in [-0.2, -0.15) is 8.42 Å². The second-order valence-electron chi connectivity index (χ2n) is 9.52. The van der Waals surface area contributed by atoms with Gasteiger partial charge in [0.15, 0.2) is 0 Å². The van der Waals surface area contributed by atoms with Gasteiger partial charge in [0.25, 0.3) is 10.1 Å². The quantitative estimate of drug-likeness (QED) is 0.170. The van der Waals surface area contributed by atoms with Gasteiger partial charge >= 0.3 is 29.6 Å². The summed E-state index contributed by atoms with van der Waals surface area (Å²) < 4.78 is 45.1.